The van der Waals surface area contributed by atoms with E-state index in [9.17, 15) is 12.8 Å². The lowest BCUT2D eigenvalue weighted by Gasteiger charge is -2.09. The van der Waals surface area contributed by atoms with Gasteiger partial charge in [0.05, 0.1) is 5.02 Å². The highest BCUT2D eigenvalue weighted by atomic mass is 35.5. The predicted octanol–water partition coefficient (Wildman–Crippen LogP) is 2.14. The van der Waals surface area contributed by atoms with Crippen LogP contribution in [0.4, 0.5) is 10.1 Å². The van der Waals surface area contributed by atoms with Crippen molar-refractivity contribution in [1.29, 1.82) is 0 Å². The van der Waals surface area contributed by atoms with Crippen LogP contribution in [0.1, 0.15) is 19.3 Å². The fourth-order valence-corrected chi connectivity index (χ4v) is 3.12. The molecule has 1 aromatic carbocycles. The van der Waals surface area contributed by atoms with Crippen LogP contribution in [-0.2, 0) is 10.0 Å². The van der Waals surface area contributed by atoms with Crippen molar-refractivity contribution < 1.29 is 12.8 Å². The van der Waals surface area contributed by atoms with Crippen LogP contribution in [0.2, 0.25) is 5.02 Å². The largest absolute Gasteiger partial charge is 0.399 e. The Kier molecular flexibility index (Phi) is 3.79. The summed E-state index contributed by atoms with van der Waals surface area (Å²) >= 11 is 5.57. The molecule has 18 heavy (non-hydrogen) atoms. The fourth-order valence-electron chi connectivity index (χ4n) is 1.66. The summed E-state index contributed by atoms with van der Waals surface area (Å²) in [5, 5.41) is -0.294. The summed E-state index contributed by atoms with van der Waals surface area (Å²) < 4.78 is 39.8. The molecule has 3 N–H and O–H groups in total. The highest BCUT2D eigenvalue weighted by molar-refractivity contribution is 7.89. The summed E-state index contributed by atoms with van der Waals surface area (Å²) in [6.45, 7) is 0.304. The van der Waals surface area contributed by atoms with Gasteiger partial charge in [0.2, 0.25) is 10.0 Å². The van der Waals surface area contributed by atoms with E-state index < -0.39 is 20.7 Å². The molecule has 0 radical (unpaired) electrons. The molecule has 0 amide bonds. The van der Waals surface area contributed by atoms with Crippen LogP contribution >= 0.6 is 11.6 Å². The lowest BCUT2D eigenvalue weighted by Crippen LogP contribution is -2.26. The molecule has 1 aromatic rings. The van der Waals surface area contributed by atoms with Crippen molar-refractivity contribution >= 4 is 27.3 Å². The second-order valence-corrected chi connectivity index (χ2v) is 6.59. The van der Waals surface area contributed by atoms with Gasteiger partial charge in [-0.1, -0.05) is 24.4 Å². The van der Waals surface area contributed by atoms with E-state index in [1.54, 1.807) is 0 Å². The van der Waals surface area contributed by atoms with Crippen molar-refractivity contribution in [1.82, 2.24) is 4.72 Å². The van der Waals surface area contributed by atoms with Gasteiger partial charge in [0.25, 0.3) is 0 Å². The van der Waals surface area contributed by atoms with Crippen molar-refractivity contribution in [2.24, 2.45) is 5.92 Å². The Morgan fingerprint density at radius 2 is 2.11 bits per heavy atom. The molecule has 100 valence electrons. The maximum Gasteiger partial charge on any atom is 0.243 e. The predicted molar refractivity (Wildman–Crippen MR) is 68.4 cm³/mol. The highest BCUT2D eigenvalue weighted by Gasteiger charge is 2.24. The van der Waals surface area contributed by atoms with Crippen molar-refractivity contribution in [2.45, 2.75) is 24.2 Å². The van der Waals surface area contributed by atoms with Crippen LogP contribution < -0.4 is 10.5 Å². The summed E-state index contributed by atoms with van der Waals surface area (Å²) in [5.41, 5.74) is 5.58. The van der Waals surface area contributed by atoms with E-state index in [2.05, 4.69) is 4.72 Å². The normalized spacial score (nSPS) is 15.9. The Morgan fingerprint density at radius 1 is 1.44 bits per heavy atom. The van der Waals surface area contributed by atoms with Crippen LogP contribution in [0.15, 0.2) is 17.0 Å². The van der Waals surface area contributed by atoms with Gasteiger partial charge in [-0.15, -0.1) is 0 Å². The second kappa shape index (κ2) is 5.03. The van der Waals surface area contributed by atoms with Crippen molar-refractivity contribution in [2.75, 3.05) is 12.3 Å². The van der Waals surface area contributed by atoms with Crippen molar-refractivity contribution in [3.05, 3.63) is 23.0 Å². The number of anilines is 1. The zero-order valence-electron chi connectivity index (χ0n) is 9.62. The van der Waals surface area contributed by atoms with E-state index in [0.717, 1.165) is 25.3 Å². The maximum absolute atomic E-state index is 13.7. The molecule has 1 fully saturated rings. The number of hydrogen-bond acceptors (Lipinski definition) is 3. The lowest BCUT2D eigenvalue weighted by atomic mass is 10.3. The smallest absolute Gasteiger partial charge is 0.243 e. The number of hydrogen-bond donors (Lipinski definition) is 2. The van der Waals surface area contributed by atoms with Gasteiger partial charge in [0.1, 0.15) is 4.90 Å². The first-order valence-corrected chi connectivity index (χ1v) is 7.50. The molecule has 1 aliphatic rings. The second-order valence-electron chi connectivity index (χ2n) is 4.44. The van der Waals surface area contributed by atoms with Gasteiger partial charge in [-0.25, -0.2) is 17.5 Å². The summed E-state index contributed by atoms with van der Waals surface area (Å²) in [5.74, 6) is -0.369. The van der Waals surface area contributed by atoms with E-state index >= 15 is 0 Å². The highest BCUT2D eigenvalue weighted by Crippen LogP contribution is 2.32. The minimum absolute atomic E-state index is 0.115. The Balaban J connectivity index is 2.17. The molecular weight excluding hydrogens is 279 g/mol. The van der Waals surface area contributed by atoms with Gasteiger partial charge < -0.3 is 5.73 Å². The van der Waals surface area contributed by atoms with E-state index in [1.807, 2.05) is 0 Å². The van der Waals surface area contributed by atoms with Gasteiger partial charge >= 0.3 is 0 Å². The Hall–Kier alpha value is -0.850. The van der Waals surface area contributed by atoms with Crippen LogP contribution in [-0.4, -0.2) is 15.0 Å². The average Bonchev–Trinajstić information content (AvgIpc) is 3.07. The molecule has 0 atom stereocenters. The van der Waals surface area contributed by atoms with E-state index in [0.29, 0.717) is 12.5 Å². The maximum atomic E-state index is 13.7. The number of nitrogens with one attached hydrogen (secondary N) is 1. The number of nitrogens with two attached hydrogens (primary N) is 1. The van der Waals surface area contributed by atoms with Crippen LogP contribution in [0.25, 0.3) is 0 Å². The number of benzene rings is 1. The molecule has 0 bridgehead atoms. The Bertz CT molecular complexity index is 558. The first kappa shape index (κ1) is 13.6. The lowest BCUT2D eigenvalue weighted by molar-refractivity contribution is 0.553. The molecule has 1 aliphatic carbocycles. The SMILES string of the molecule is Nc1cc(Cl)c(F)c(S(=O)(=O)NCCC2CC2)c1. The topological polar surface area (TPSA) is 72.2 Å². The summed E-state index contributed by atoms with van der Waals surface area (Å²) in [6, 6.07) is 2.25. The Labute approximate surface area is 110 Å². The third kappa shape index (κ3) is 3.13. The fraction of sp³-hybridized carbons (Fsp3) is 0.455. The molecule has 0 unspecified atom stereocenters. The molecule has 0 saturated heterocycles. The minimum Gasteiger partial charge on any atom is -0.399 e. The van der Waals surface area contributed by atoms with Crippen molar-refractivity contribution in [3.8, 4) is 0 Å². The molecule has 2 rings (SSSR count). The zero-order chi connectivity index (χ0) is 13.3. The van der Waals surface area contributed by atoms with E-state index in [-0.39, 0.29) is 10.7 Å². The van der Waals surface area contributed by atoms with E-state index in [1.165, 1.54) is 6.07 Å². The van der Waals surface area contributed by atoms with Gasteiger partial charge in [-0.05, 0) is 24.5 Å². The molecule has 0 aliphatic heterocycles. The first-order valence-electron chi connectivity index (χ1n) is 5.64. The van der Waals surface area contributed by atoms with Crippen molar-refractivity contribution in [3.63, 3.8) is 0 Å². The molecule has 0 spiro atoms. The van der Waals surface area contributed by atoms with Gasteiger partial charge in [-0.2, -0.15) is 0 Å². The summed E-state index contributed by atoms with van der Waals surface area (Å²) in [6.07, 6.45) is 3.05. The summed E-state index contributed by atoms with van der Waals surface area (Å²) in [4.78, 5) is -0.497. The van der Waals surface area contributed by atoms with Gasteiger partial charge in [0, 0.05) is 12.2 Å². The van der Waals surface area contributed by atoms with Gasteiger partial charge in [0.15, 0.2) is 5.82 Å². The van der Waals surface area contributed by atoms with E-state index in [4.69, 9.17) is 17.3 Å². The standard InChI is InChI=1S/C11H14ClFN2O2S/c12-9-5-8(14)6-10(11(9)13)18(16,17)15-4-3-7-1-2-7/h5-7,15H,1-4,14H2. The number of halogens is 2. The molecule has 7 heteroatoms. The molecule has 1 saturated carbocycles. The minimum atomic E-state index is -3.89. The first-order chi connectivity index (χ1) is 8.40. The quantitative estimate of drug-likeness (QED) is 0.817. The number of nitrogen functional groups attached to an aromatic ring is 1. The monoisotopic (exact) mass is 292 g/mol. The molecule has 0 heterocycles. The molecular formula is C11H14ClFN2O2S. The average molecular weight is 293 g/mol. The van der Waals surface area contributed by atoms with Crippen LogP contribution in [0.5, 0.6) is 0 Å². The van der Waals surface area contributed by atoms with Crippen LogP contribution in [0, 0.1) is 11.7 Å². The molecule has 4 nitrogen and oxygen atoms in total. The van der Waals surface area contributed by atoms with Crippen LogP contribution in [0.3, 0.4) is 0 Å². The summed E-state index contributed by atoms with van der Waals surface area (Å²) in [7, 11) is -3.89. The third-order valence-electron chi connectivity index (χ3n) is 2.85. The number of rotatable bonds is 5. The molecule has 0 aromatic heterocycles. The third-order valence-corrected chi connectivity index (χ3v) is 4.58. The van der Waals surface area contributed by atoms with Gasteiger partial charge in [-0.3, -0.25) is 0 Å². The Morgan fingerprint density at radius 3 is 2.72 bits per heavy atom. The zero-order valence-corrected chi connectivity index (χ0v) is 11.2. The number of sulfonamides is 1.